The van der Waals surface area contributed by atoms with Gasteiger partial charge in [-0.25, -0.2) is 19.2 Å². The minimum absolute atomic E-state index is 0.222. The van der Waals surface area contributed by atoms with E-state index in [0.717, 1.165) is 39.2 Å². The molecule has 4 aromatic heterocycles. The SMILES string of the molecule is Cc1cccc(-c2nc3c4c(ncn3n2)Oc2c(c(C)nn2-c2ccccc2)C4c2cccnc2)c1. The van der Waals surface area contributed by atoms with Crippen LogP contribution in [0, 0.1) is 13.8 Å². The number of para-hydroxylation sites is 1. The maximum atomic E-state index is 6.47. The zero-order valence-electron chi connectivity index (χ0n) is 19.7. The van der Waals surface area contributed by atoms with Crippen LogP contribution in [0.5, 0.6) is 11.8 Å². The zero-order chi connectivity index (χ0) is 24.2. The summed E-state index contributed by atoms with van der Waals surface area (Å²) in [6.07, 6.45) is 5.31. The molecule has 0 radical (unpaired) electrons. The lowest BCUT2D eigenvalue weighted by molar-refractivity contribution is 0.402. The highest BCUT2D eigenvalue weighted by Gasteiger charge is 2.38. The van der Waals surface area contributed by atoms with Crippen molar-refractivity contribution in [3.05, 3.63) is 113 Å². The van der Waals surface area contributed by atoms with E-state index in [1.165, 1.54) is 0 Å². The summed E-state index contributed by atoms with van der Waals surface area (Å²) in [5.41, 5.74) is 7.41. The first-order valence-electron chi connectivity index (χ1n) is 11.7. The van der Waals surface area contributed by atoms with E-state index in [1.54, 1.807) is 17.0 Å². The molecule has 1 aliphatic heterocycles. The first-order valence-corrected chi connectivity index (χ1v) is 11.7. The maximum absolute atomic E-state index is 6.47. The topological polar surface area (TPSA) is 83.0 Å². The van der Waals surface area contributed by atoms with Crippen molar-refractivity contribution < 1.29 is 4.74 Å². The van der Waals surface area contributed by atoms with Gasteiger partial charge in [-0.1, -0.05) is 48.0 Å². The summed E-state index contributed by atoms with van der Waals surface area (Å²) in [6, 6.07) is 22.1. The Labute approximate surface area is 206 Å². The van der Waals surface area contributed by atoms with Gasteiger partial charge in [-0.15, -0.1) is 5.10 Å². The van der Waals surface area contributed by atoms with E-state index in [-0.39, 0.29) is 5.92 Å². The molecule has 0 spiro atoms. The van der Waals surface area contributed by atoms with Crippen molar-refractivity contribution in [3.63, 3.8) is 0 Å². The van der Waals surface area contributed by atoms with Gasteiger partial charge in [0.2, 0.25) is 11.8 Å². The van der Waals surface area contributed by atoms with Gasteiger partial charge >= 0.3 is 0 Å². The second-order valence-corrected chi connectivity index (χ2v) is 8.91. The third-order valence-corrected chi connectivity index (χ3v) is 6.51. The second-order valence-electron chi connectivity index (χ2n) is 8.91. The zero-order valence-corrected chi connectivity index (χ0v) is 19.7. The lowest BCUT2D eigenvalue weighted by Crippen LogP contribution is -2.16. The van der Waals surface area contributed by atoms with Crippen LogP contribution in [0.3, 0.4) is 0 Å². The molecular weight excluding hydrogens is 450 g/mol. The molecule has 7 rings (SSSR count). The number of pyridine rings is 1. The summed E-state index contributed by atoms with van der Waals surface area (Å²) in [7, 11) is 0. The van der Waals surface area contributed by atoms with Crippen LogP contribution in [0.15, 0.2) is 85.5 Å². The van der Waals surface area contributed by atoms with Crippen molar-refractivity contribution in [2.75, 3.05) is 0 Å². The summed E-state index contributed by atoms with van der Waals surface area (Å²) in [6.45, 7) is 4.06. The molecule has 8 nitrogen and oxygen atoms in total. The van der Waals surface area contributed by atoms with Gasteiger partial charge < -0.3 is 4.74 Å². The van der Waals surface area contributed by atoms with E-state index in [2.05, 4.69) is 35.1 Å². The van der Waals surface area contributed by atoms with E-state index in [1.807, 2.05) is 66.3 Å². The Morgan fingerprint density at radius 2 is 1.78 bits per heavy atom. The monoisotopic (exact) mass is 471 g/mol. The molecule has 0 amide bonds. The summed E-state index contributed by atoms with van der Waals surface area (Å²) in [4.78, 5) is 14.0. The Balaban J connectivity index is 1.49. The molecule has 0 saturated heterocycles. The number of fused-ring (bicyclic) bond motifs is 4. The quantitative estimate of drug-likeness (QED) is 0.349. The fourth-order valence-electron chi connectivity index (χ4n) is 4.91. The molecule has 174 valence electrons. The standard InChI is InChI=1S/C28H21N7O/c1-17-8-6-9-19(14-17)25-31-26-24-23(20-10-7-13-29-15-20)22-18(2)32-35(21-11-4-3-5-12-21)28(22)36-27(24)30-16-34(26)33-25/h3-16,23H,1-2H3. The summed E-state index contributed by atoms with van der Waals surface area (Å²) < 4.78 is 10.0. The van der Waals surface area contributed by atoms with E-state index in [9.17, 15) is 0 Å². The molecule has 1 aliphatic rings. The van der Waals surface area contributed by atoms with Crippen molar-refractivity contribution in [1.29, 1.82) is 0 Å². The molecule has 0 bridgehead atoms. The number of hydrogen-bond donors (Lipinski definition) is 0. The second kappa shape index (κ2) is 7.84. The molecule has 5 heterocycles. The molecule has 36 heavy (non-hydrogen) atoms. The lowest BCUT2D eigenvalue weighted by Gasteiger charge is -2.26. The number of nitrogens with zero attached hydrogens (tertiary/aromatic N) is 7. The van der Waals surface area contributed by atoms with E-state index < -0.39 is 0 Å². The highest BCUT2D eigenvalue weighted by molar-refractivity contribution is 5.68. The molecule has 6 aromatic rings. The third kappa shape index (κ3) is 3.11. The Hall–Kier alpha value is -4.85. The van der Waals surface area contributed by atoms with Gasteiger partial charge in [0.05, 0.1) is 28.4 Å². The first kappa shape index (κ1) is 20.5. The van der Waals surface area contributed by atoms with Gasteiger partial charge in [-0.05, 0) is 43.7 Å². The number of ether oxygens (including phenoxy) is 1. The van der Waals surface area contributed by atoms with Crippen LogP contribution in [0.2, 0.25) is 0 Å². The smallest absolute Gasteiger partial charge is 0.230 e. The number of rotatable bonds is 3. The first-order chi connectivity index (χ1) is 17.7. The van der Waals surface area contributed by atoms with Crippen LogP contribution in [0.1, 0.15) is 33.9 Å². The van der Waals surface area contributed by atoms with Gasteiger partial charge in [0.25, 0.3) is 0 Å². The van der Waals surface area contributed by atoms with E-state index in [4.69, 9.17) is 19.9 Å². The Morgan fingerprint density at radius 1 is 0.889 bits per heavy atom. The number of aryl methyl sites for hydroxylation is 2. The highest BCUT2D eigenvalue weighted by Crippen LogP contribution is 2.49. The Morgan fingerprint density at radius 3 is 2.58 bits per heavy atom. The molecule has 1 unspecified atom stereocenters. The predicted molar refractivity (Wildman–Crippen MR) is 135 cm³/mol. The van der Waals surface area contributed by atoms with Gasteiger partial charge in [-0.3, -0.25) is 4.98 Å². The van der Waals surface area contributed by atoms with Crippen molar-refractivity contribution in [3.8, 4) is 28.8 Å². The Kier molecular flexibility index (Phi) is 4.47. The molecule has 8 heteroatoms. The molecular formula is C28H21N7O. The van der Waals surface area contributed by atoms with Crippen LogP contribution < -0.4 is 4.74 Å². The molecule has 0 aliphatic carbocycles. The Bertz CT molecular complexity index is 1740. The van der Waals surface area contributed by atoms with Crippen molar-refractivity contribution >= 4 is 5.65 Å². The van der Waals surface area contributed by atoms with Gasteiger partial charge in [0.15, 0.2) is 11.5 Å². The summed E-state index contributed by atoms with van der Waals surface area (Å²) in [5, 5.41) is 9.61. The van der Waals surface area contributed by atoms with Crippen molar-refractivity contribution in [2.24, 2.45) is 0 Å². The molecule has 0 saturated carbocycles. The van der Waals surface area contributed by atoms with Crippen LogP contribution in [0.4, 0.5) is 0 Å². The highest BCUT2D eigenvalue weighted by atomic mass is 16.5. The minimum Gasteiger partial charge on any atom is -0.420 e. The average Bonchev–Trinajstić information content (AvgIpc) is 3.50. The van der Waals surface area contributed by atoms with Crippen LogP contribution in [-0.2, 0) is 0 Å². The van der Waals surface area contributed by atoms with Crippen LogP contribution in [-0.4, -0.2) is 34.3 Å². The van der Waals surface area contributed by atoms with Crippen molar-refractivity contribution in [2.45, 2.75) is 19.8 Å². The van der Waals surface area contributed by atoms with E-state index in [0.29, 0.717) is 23.2 Å². The molecule has 0 N–H and O–H groups in total. The normalized spacial score (nSPS) is 14.3. The molecule has 2 aromatic carbocycles. The van der Waals surface area contributed by atoms with Crippen LogP contribution >= 0.6 is 0 Å². The fraction of sp³-hybridized carbons (Fsp3) is 0.107. The summed E-state index contributed by atoms with van der Waals surface area (Å²) >= 11 is 0. The molecule has 1 atom stereocenters. The van der Waals surface area contributed by atoms with Crippen LogP contribution in [0.25, 0.3) is 22.7 Å². The number of hydrogen-bond acceptors (Lipinski definition) is 6. The average molecular weight is 472 g/mol. The summed E-state index contributed by atoms with van der Waals surface area (Å²) in [5.74, 6) is 1.56. The third-order valence-electron chi connectivity index (χ3n) is 6.51. The van der Waals surface area contributed by atoms with Gasteiger partial charge in [0, 0.05) is 18.0 Å². The lowest BCUT2D eigenvalue weighted by atomic mass is 9.85. The largest absolute Gasteiger partial charge is 0.420 e. The number of benzene rings is 2. The van der Waals surface area contributed by atoms with Gasteiger partial charge in [0.1, 0.15) is 6.33 Å². The van der Waals surface area contributed by atoms with Crippen molar-refractivity contribution in [1.82, 2.24) is 34.3 Å². The van der Waals surface area contributed by atoms with Gasteiger partial charge in [-0.2, -0.15) is 5.10 Å². The minimum atomic E-state index is -0.222. The maximum Gasteiger partial charge on any atom is 0.230 e. The number of aromatic nitrogens is 7. The van der Waals surface area contributed by atoms with E-state index >= 15 is 0 Å². The molecule has 0 fully saturated rings. The predicted octanol–water partition coefficient (Wildman–Crippen LogP) is 5.27. The fourth-order valence-corrected chi connectivity index (χ4v) is 4.91.